The van der Waals surface area contributed by atoms with E-state index in [1.54, 1.807) is 0 Å². The maximum absolute atomic E-state index is 13.4. The Kier molecular flexibility index (Phi) is 6.46. The summed E-state index contributed by atoms with van der Waals surface area (Å²) in [5.41, 5.74) is 1.03. The molecule has 0 aliphatic carbocycles. The summed E-state index contributed by atoms with van der Waals surface area (Å²) in [6.45, 7) is 9.17. The molecule has 1 N–H and O–H groups in total. The van der Waals surface area contributed by atoms with Crippen LogP contribution in [0.3, 0.4) is 0 Å². The normalized spacial score (nSPS) is 17.1. The molecule has 1 saturated heterocycles. The third-order valence-corrected chi connectivity index (χ3v) is 4.03. The van der Waals surface area contributed by atoms with E-state index in [0.717, 1.165) is 25.1 Å². The van der Waals surface area contributed by atoms with Crippen molar-refractivity contribution < 1.29 is 9.13 Å². The van der Waals surface area contributed by atoms with Crippen LogP contribution >= 0.6 is 0 Å². The minimum absolute atomic E-state index is 0.171. The molecule has 1 aliphatic heterocycles. The van der Waals surface area contributed by atoms with Crippen LogP contribution in [0.4, 0.5) is 4.39 Å². The predicted octanol–water partition coefficient (Wildman–Crippen LogP) is 3.36. The van der Waals surface area contributed by atoms with Crippen molar-refractivity contribution in [3.05, 3.63) is 29.6 Å². The van der Waals surface area contributed by atoms with Crippen LogP contribution in [0.25, 0.3) is 0 Å². The van der Waals surface area contributed by atoms with E-state index in [0.29, 0.717) is 12.4 Å². The lowest BCUT2D eigenvalue weighted by molar-refractivity contribution is 0.260. The number of hydrogen-bond acceptors (Lipinski definition) is 3. The van der Waals surface area contributed by atoms with Gasteiger partial charge in [0.25, 0.3) is 0 Å². The lowest BCUT2D eigenvalue weighted by Gasteiger charge is -2.19. The highest BCUT2D eigenvalue weighted by Crippen LogP contribution is 2.26. The van der Waals surface area contributed by atoms with Gasteiger partial charge in [-0.05, 0) is 51.9 Å². The van der Waals surface area contributed by atoms with Crippen molar-refractivity contribution in [2.24, 2.45) is 0 Å². The first-order valence-electron chi connectivity index (χ1n) is 8.08. The van der Waals surface area contributed by atoms with Gasteiger partial charge in [-0.2, -0.15) is 0 Å². The fourth-order valence-corrected chi connectivity index (χ4v) is 2.88. The minimum atomic E-state index is -0.239. The second-order valence-electron chi connectivity index (χ2n) is 5.71. The largest absolute Gasteiger partial charge is 0.493 e. The molecule has 0 saturated carbocycles. The molecule has 0 radical (unpaired) electrons. The summed E-state index contributed by atoms with van der Waals surface area (Å²) >= 11 is 0. The quantitative estimate of drug-likeness (QED) is 0.744. The van der Waals surface area contributed by atoms with Gasteiger partial charge in [-0.3, -0.25) is 0 Å². The second-order valence-corrected chi connectivity index (χ2v) is 5.71. The van der Waals surface area contributed by atoms with E-state index in [1.165, 1.54) is 38.1 Å². The van der Waals surface area contributed by atoms with Crippen molar-refractivity contribution in [1.82, 2.24) is 10.2 Å². The average molecular weight is 294 g/mol. The number of nitrogens with zero attached hydrogens (tertiary/aromatic N) is 1. The van der Waals surface area contributed by atoms with Crippen LogP contribution in [0.1, 0.15) is 44.7 Å². The first-order chi connectivity index (χ1) is 10.2. The van der Waals surface area contributed by atoms with Crippen molar-refractivity contribution in [2.45, 2.75) is 39.2 Å². The van der Waals surface area contributed by atoms with Crippen LogP contribution in [0, 0.1) is 5.82 Å². The minimum Gasteiger partial charge on any atom is -0.493 e. The van der Waals surface area contributed by atoms with Gasteiger partial charge < -0.3 is 15.0 Å². The molecule has 1 unspecified atom stereocenters. The van der Waals surface area contributed by atoms with E-state index in [4.69, 9.17) is 4.74 Å². The van der Waals surface area contributed by atoms with E-state index in [9.17, 15) is 4.39 Å². The zero-order chi connectivity index (χ0) is 15.1. The zero-order valence-corrected chi connectivity index (χ0v) is 13.2. The van der Waals surface area contributed by atoms with Crippen molar-refractivity contribution in [2.75, 3.05) is 32.8 Å². The lowest BCUT2D eigenvalue weighted by Crippen LogP contribution is -2.22. The summed E-state index contributed by atoms with van der Waals surface area (Å²) < 4.78 is 19.3. The van der Waals surface area contributed by atoms with Crippen LogP contribution in [-0.4, -0.2) is 37.7 Å². The Bertz CT molecular complexity index is 433. The molecule has 0 spiro atoms. The van der Waals surface area contributed by atoms with Crippen molar-refractivity contribution >= 4 is 0 Å². The van der Waals surface area contributed by atoms with Crippen molar-refractivity contribution in [3.8, 4) is 5.75 Å². The topological polar surface area (TPSA) is 24.5 Å². The van der Waals surface area contributed by atoms with Gasteiger partial charge >= 0.3 is 0 Å². The van der Waals surface area contributed by atoms with Gasteiger partial charge in [0.1, 0.15) is 11.6 Å². The van der Waals surface area contributed by atoms with Crippen LogP contribution in [0.15, 0.2) is 18.2 Å². The molecule has 1 heterocycles. The molecule has 3 nitrogen and oxygen atoms in total. The number of ether oxygens (including phenoxy) is 1. The first-order valence-corrected chi connectivity index (χ1v) is 8.08. The smallest absolute Gasteiger partial charge is 0.126 e. The third kappa shape index (κ3) is 4.97. The van der Waals surface area contributed by atoms with Crippen LogP contribution in [0.5, 0.6) is 5.75 Å². The summed E-state index contributed by atoms with van der Waals surface area (Å²) in [5.74, 6) is 0.432. The highest BCUT2D eigenvalue weighted by atomic mass is 19.1. The molecule has 21 heavy (non-hydrogen) atoms. The number of likely N-dealkylation sites (tertiary alicyclic amines) is 1. The molecule has 0 aromatic heterocycles. The fraction of sp³-hybridized carbons (Fsp3) is 0.647. The Hall–Kier alpha value is -1.13. The summed E-state index contributed by atoms with van der Waals surface area (Å²) in [5, 5.41) is 3.35. The Morgan fingerprint density at radius 3 is 2.81 bits per heavy atom. The van der Waals surface area contributed by atoms with E-state index >= 15 is 0 Å². The molecule has 1 atom stereocenters. The van der Waals surface area contributed by atoms with Crippen molar-refractivity contribution in [3.63, 3.8) is 0 Å². The van der Waals surface area contributed by atoms with Gasteiger partial charge in [0.2, 0.25) is 0 Å². The number of benzene rings is 1. The number of hydrogen-bond donors (Lipinski definition) is 1. The molecule has 118 valence electrons. The van der Waals surface area contributed by atoms with Gasteiger partial charge in [0.15, 0.2) is 0 Å². The number of rotatable bonds is 8. The second kappa shape index (κ2) is 8.35. The van der Waals surface area contributed by atoms with Crippen molar-refractivity contribution in [1.29, 1.82) is 0 Å². The standard InChI is InChI=1S/C17H27FN2O/c1-3-19-14(2)16-8-7-15(18)13-17(16)21-12-6-11-20-9-4-5-10-20/h7-8,13-14,19H,3-6,9-12H2,1-2H3. The Morgan fingerprint density at radius 1 is 1.33 bits per heavy atom. The Labute approximate surface area is 127 Å². The highest BCUT2D eigenvalue weighted by Gasteiger charge is 2.13. The summed E-state index contributed by atoms with van der Waals surface area (Å²) in [7, 11) is 0. The maximum Gasteiger partial charge on any atom is 0.126 e. The average Bonchev–Trinajstić information content (AvgIpc) is 2.97. The molecule has 0 amide bonds. The number of halogens is 1. The van der Waals surface area contributed by atoms with E-state index in [-0.39, 0.29) is 11.9 Å². The van der Waals surface area contributed by atoms with E-state index in [2.05, 4.69) is 24.1 Å². The van der Waals surface area contributed by atoms with Crippen LogP contribution in [-0.2, 0) is 0 Å². The van der Waals surface area contributed by atoms with Crippen LogP contribution in [0.2, 0.25) is 0 Å². The monoisotopic (exact) mass is 294 g/mol. The van der Waals surface area contributed by atoms with Gasteiger partial charge in [0.05, 0.1) is 6.61 Å². The van der Waals surface area contributed by atoms with E-state index < -0.39 is 0 Å². The third-order valence-electron chi connectivity index (χ3n) is 4.03. The molecule has 0 bridgehead atoms. The number of nitrogens with one attached hydrogen (secondary N) is 1. The molecular weight excluding hydrogens is 267 g/mol. The van der Waals surface area contributed by atoms with Gasteiger partial charge in [0, 0.05) is 24.2 Å². The predicted molar refractivity (Wildman–Crippen MR) is 84.3 cm³/mol. The van der Waals surface area contributed by atoms with Gasteiger partial charge in [-0.15, -0.1) is 0 Å². The first kappa shape index (κ1) is 16.2. The molecule has 1 aliphatic rings. The Balaban J connectivity index is 1.86. The zero-order valence-electron chi connectivity index (χ0n) is 13.2. The van der Waals surface area contributed by atoms with Crippen LogP contribution < -0.4 is 10.1 Å². The molecule has 1 aromatic carbocycles. The maximum atomic E-state index is 13.4. The summed E-state index contributed by atoms with van der Waals surface area (Å²) in [6.07, 6.45) is 3.62. The van der Waals surface area contributed by atoms with Gasteiger partial charge in [-0.1, -0.05) is 13.0 Å². The highest BCUT2D eigenvalue weighted by molar-refractivity contribution is 5.36. The molecular formula is C17H27FN2O. The Morgan fingerprint density at radius 2 is 2.10 bits per heavy atom. The lowest BCUT2D eigenvalue weighted by atomic mass is 10.1. The molecule has 2 rings (SSSR count). The van der Waals surface area contributed by atoms with Gasteiger partial charge in [-0.25, -0.2) is 4.39 Å². The molecule has 4 heteroatoms. The molecule has 1 fully saturated rings. The van der Waals surface area contributed by atoms with E-state index in [1.807, 2.05) is 6.07 Å². The molecule has 1 aromatic rings. The SMILES string of the molecule is CCNC(C)c1ccc(F)cc1OCCCN1CCCC1. The fourth-order valence-electron chi connectivity index (χ4n) is 2.88. The summed E-state index contributed by atoms with van der Waals surface area (Å²) in [6, 6.07) is 4.99. The summed E-state index contributed by atoms with van der Waals surface area (Å²) in [4.78, 5) is 2.47.